The van der Waals surface area contributed by atoms with Crippen LogP contribution in [0.2, 0.25) is 0 Å². The van der Waals surface area contributed by atoms with Crippen LogP contribution in [0.15, 0.2) is 0 Å². The fourth-order valence-electron chi connectivity index (χ4n) is 1.85. The van der Waals surface area contributed by atoms with Gasteiger partial charge in [0.25, 0.3) is 0 Å². The van der Waals surface area contributed by atoms with Crippen molar-refractivity contribution in [3.05, 3.63) is 0 Å². The number of aromatic nitrogens is 3. The Morgan fingerprint density at radius 2 is 1.30 bits per heavy atom. The van der Waals surface area contributed by atoms with E-state index in [0.29, 0.717) is 31.1 Å². The lowest BCUT2D eigenvalue weighted by molar-refractivity contribution is 0.301. The van der Waals surface area contributed by atoms with Crippen LogP contribution in [0, 0.1) is 0 Å². The van der Waals surface area contributed by atoms with E-state index in [1.165, 1.54) is 0 Å². The Morgan fingerprint density at radius 1 is 0.850 bits per heavy atom. The molecule has 0 spiro atoms. The lowest BCUT2D eigenvalue weighted by Crippen LogP contribution is -2.29. The number of nitrogens with zero attached hydrogens (tertiary/aromatic N) is 5. The van der Waals surface area contributed by atoms with E-state index in [0.717, 1.165) is 26.2 Å². The van der Waals surface area contributed by atoms with E-state index in [1.54, 1.807) is 0 Å². The highest BCUT2D eigenvalue weighted by Crippen LogP contribution is 2.17. The van der Waals surface area contributed by atoms with Crippen molar-refractivity contribution in [2.24, 2.45) is 5.73 Å². The molecule has 0 unspecified atom stereocenters. The molecule has 1 aromatic rings. The van der Waals surface area contributed by atoms with Gasteiger partial charge in [-0.15, -0.1) is 0 Å². The van der Waals surface area contributed by atoms with Gasteiger partial charge < -0.3 is 20.3 Å². The summed E-state index contributed by atoms with van der Waals surface area (Å²) in [5, 5.41) is 0. The third kappa shape index (κ3) is 4.19. The first kappa shape index (κ1) is 16.4. The van der Waals surface area contributed by atoms with Crippen LogP contribution >= 0.6 is 0 Å². The molecular weight excluding hydrogens is 256 g/mol. The Labute approximate surface area is 121 Å². The molecule has 0 saturated heterocycles. The SMILES string of the molecule is CCN(CC)c1nc(OCCN)nc(N(CC)CC)n1. The van der Waals surface area contributed by atoms with E-state index < -0.39 is 0 Å². The zero-order chi connectivity index (χ0) is 15.0. The predicted molar refractivity (Wildman–Crippen MR) is 81.5 cm³/mol. The molecule has 0 amide bonds. The molecule has 0 aliphatic carbocycles. The molecule has 2 N–H and O–H groups in total. The monoisotopic (exact) mass is 282 g/mol. The number of hydrogen-bond acceptors (Lipinski definition) is 7. The number of ether oxygens (including phenoxy) is 1. The Kier molecular flexibility index (Phi) is 7.00. The maximum atomic E-state index is 5.47. The van der Waals surface area contributed by atoms with Crippen LogP contribution in [-0.2, 0) is 0 Å². The fourth-order valence-corrected chi connectivity index (χ4v) is 1.85. The van der Waals surface area contributed by atoms with Crippen molar-refractivity contribution in [3.8, 4) is 6.01 Å². The molecule has 1 heterocycles. The molecule has 1 aromatic heterocycles. The topological polar surface area (TPSA) is 80.4 Å². The zero-order valence-corrected chi connectivity index (χ0v) is 13.0. The van der Waals surface area contributed by atoms with Gasteiger partial charge in [0.15, 0.2) is 0 Å². The van der Waals surface area contributed by atoms with Crippen LogP contribution in [0.4, 0.5) is 11.9 Å². The van der Waals surface area contributed by atoms with Crippen molar-refractivity contribution in [2.75, 3.05) is 49.1 Å². The second-order valence-electron chi connectivity index (χ2n) is 4.20. The maximum Gasteiger partial charge on any atom is 0.323 e. The van der Waals surface area contributed by atoms with E-state index in [1.807, 2.05) is 0 Å². The summed E-state index contributed by atoms with van der Waals surface area (Å²) in [4.78, 5) is 17.4. The highest BCUT2D eigenvalue weighted by molar-refractivity contribution is 5.40. The molecule has 0 aliphatic heterocycles. The van der Waals surface area contributed by atoms with Crippen molar-refractivity contribution in [1.29, 1.82) is 0 Å². The summed E-state index contributed by atoms with van der Waals surface area (Å²) < 4.78 is 5.47. The third-order valence-corrected chi connectivity index (χ3v) is 3.03. The minimum atomic E-state index is 0.342. The average molecular weight is 282 g/mol. The first-order valence-corrected chi connectivity index (χ1v) is 7.28. The van der Waals surface area contributed by atoms with Gasteiger partial charge in [0, 0.05) is 32.7 Å². The van der Waals surface area contributed by atoms with E-state index in [4.69, 9.17) is 10.5 Å². The summed E-state index contributed by atoms with van der Waals surface area (Å²) >= 11 is 0. The molecule has 1 rings (SSSR count). The average Bonchev–Trinajstić information content (AvgIpc) is 2.47. The van der Waals surface area contributed by atoms with Crippen molar-refractivity contribution in [1.82, 2.24) is 15.0 Å². The quantitative estimate of drug-likeness (QED) is 0.720. The number of nitrogens with two attached hydrogens (primary N) is 1. The number of rotatable bonds is 9. The molecule has 0 radical (unpaired) electrons. The van der Waals surface area contributed by atoms with Crippen LogP contribution in [-0.4, -0.2) is 54.3 Å². The molecule has 0 atom stereocenters. The summed E-state index contributed by atoms with van der Waals surface area (Å²) in [6.07, 6.45) is 0. The zero-order valence-electron chi connectivity index (χ0n) is 13.0. The van der Waals surface area contributed by atoms with Crippen molar-refractivity contribution >= 4 is 11.9 Å². The molecule has 20 heavy (non-hydrogen) atoms. The molecule has 0 aromatic carbocycles. The Morgan fingerprint density at radius 3 is 1.65 bits per heavy atom. The Bertz CT molecular complexity index is 362. The van der Waals surface area contributed by atoms with Crippen LogP contribution < -0.4 is 20.3 Å². The standard InChI is InChI=1S/C13H26N6O/c1-5-18(6-2)11-15-12(19(7-3)8-4)17-13(16-11)20-10-9-14/h5-10,14H2,1-4H3. The summed E-state index contributed by atoms with van der Waals surface area (Å²) in [5.74, 6) is 1.30. The van der Waals surface area contributed by atoms with Crippen molar-refractivity contribution in [2.45, 2.75) is 27.7 Å². The normalized spacial score (nSPS) is 10.4. The summed E-state index contributed by atoms with van der Waals surface area (Å²) in [6.45, 7) is 12.5. The largest absolute Gasteiger partial charge is 0.462 e. The van der Waals surface area contributed by atoms with E-state index in [-0.39, 0.29) is 0 Å². The first-order chi connectivity index (χ1) is 9.69. The van der Waals surface area contributed by atoms with Gasteiger partial charge in [0.2, 0.25) is 11.9 Å². The van der Waals surface area contributed by atoms with Gasteiger partial charge in [-0.1, -0.05) is 0 Å². The van der Waals surface area contributed by atoms with Gasteiger partial charge in [0.1, 0.15) is 6.61 Å². The lowest BCUT2D eigenvalue weighted by atomic mass is 10.5. The third-order valence-electron chi connectivity index (χ3n) is 3.03. The minimum Gasteiger partial charge on any atom is -0.462 e. The van der Waals surface area contributed by atoms with Gasteiger partial charge in [-0.05, 0) is 27.7 Å². The van der Waals surface area contributed by atoms with Gasteiger partial charge >= 0.3 is 6.01 Å². The number of hydrogen-bond donors (Lipinski definition) is 1. The van der Waals surface area contributed by atoms with E-state index in [2.05, 4.69) is 52.4 Å². The van der Waals surface area contributed by atoms with E-state index >= 15 is 0 Å². The molecule has 0 fully saturated rings. The van der Waals surface area contributed by atoms with Gasteiger partial charge in [0.05, 0.1) is 0 Å². The lowest BCUT2D eigenvalue weighted by Gasteiger charge is -2.23. The van der Waals surface area contributed by atoms with Crippen molar-refractivity contribution in [3.63, 3.8) is 0 Å². The highest BCUT2D eigenvalue weighted by atomic mass is 16.5. The molecule has 7 nitrogen and oxygen atoms in total. The molecule has 0 bridgehead atoms. The molecular formula is C13H26N6O. The molecule has 0 saturated carbocycles. The molecule has 114 valence electrons. The maximum absolute atomic E-state index is 5.47. The van der Waals surface area contributed by atoms with E-state index in [9.17, 15) is 0 Å². The van der Waals surface area contributed by atoms with Gasteiger partial charge in [-0.25, -0.2) is 0 Å². The summed E-state index contributed by atoms with van der Waals surface area (Å²) in [7, 11) is 0. The summed E-state index contributed by atoms with van der Waals surface area (Å²) in [5.41, 5.74) is 5.46. The predicted octanol–water partition coefficient (Wildman–Crippen LogP) is 0.902. The highest BCUT2D eigenvalue weighted by Gasteiger charge is 2.14. The van der Waals surface area contributed by atoms with Gasteiger partial charge in [-0.3, -0.25) is 0 Å². The molecule has 0 aliphatic rings. The Balaban J connectivity index is 3.12. The minimum absolute atomic E-state index is 0.342. The molecule has 7 heteroatoms. The summed E-state index contributed by atoms with van der Waals surface area (Å²) in [6, 6.07) is 0.342. The second kappa shape index (κ2) is 8.52. The van der Waals surface area contributed by atoms with Crippen LogP contribution in [0.5, 0.6) is 6.01 Å². The van der Waals surface area contributed by atoms with Crippen molar-refractivity contribution < 1.29 is 4.74 Å². The van der Waals surface area contributed by atoms with Crippen LogP contribution in [0.1, 0.15) is 27.7 Å². The first-order valence-electron chi connectivity index (χ1n) is 7.28. The Hall–Kier alpha value is -1.63. The van der Waals surface area contributed by atoms with Crippen LogP contribution in [0.25, 0.3) is 0 Å². The smallest absolute Gasteiger partial charge is 0.323 e. The van der Waals surface area contributed by atoms with Crippen LogP contribution in [0.3, 0.4) is 0 Å². The van der Waals surface area contributed by atoms with Gasteiger partial charge in [-0.2, -0.15) is 15.0 Å². The second-order valence-corrected chi connectivity index (χ2v) is 4.20. The number of anilines is 2. The fraction of sp³-hybridized carbons (Fsp3) is 0.769.